The predicted molar refractivity (Wildman–Crippen MR) is 98.2 cm³/mol. The van der Waals surface area contributed by atoms with Gasteiger partial charge in [-0.2, -0.15) is 0 Å². The second-order valence-electron chi connectivity index (χ2n) is 6.80. The molecule has 2 aliphatic rings. The molecular weight excluding hydrogens is 330 g/mol. The first-order chi connectivity index (χ1) is 12.6. The van der Waals surface area contributed by atoms with Crippen LogP contribution in [0.15, 0.2) is 36.5 Å². The van der Waals surface area contributed by atoms with E-state index in [2.05, 4.69) is 42.1 Å². The molecule has 3 aromatic rings. The van der Waals surface area contributed by atoms with Crippen LogP contribution in [0.3, 0.4) is 0 Å². The van der Waals surface area contributed by atoms with Crippen LogP contribution < -0.4 is 14.0 Å². The van der Waals surface area contributed by atoms with Gasteiger partial charge in [0.25, 0.3) is 0 Å². The second kappa shape index (κ2) is 5.43. The number of hydrogen-bond acceptors (Lipinski definition) is 4. The summed E-state index contributed by atoms with van der Waals surface area (Å²) >= 11 is 0. The topological polar surface area (TPSA) is 40.8 Å². The predicted octanol–water partition coefficient (Wildman–Crippen LogP) is 3.10. The largest absolute Gasteiger partial charge is 0.454 e. The Morgan fingerprint density at radius 2 is 1.81 bits per heavy atom. The van der Waals surface area contributed by atoms with Gasteiger partial charge in [-0.15, -0.1) is 0 Å². The first kappa shape index (κ1) is 15.6. The standard InChI is InChI=1S/C21H20NO4/c1-22-11-14-10-21(23-2,24-3)7-6-15(14)16-5-4-13-8-18-19(26-12-25-18)9-17(13)20(16)22/h4-9,11H,10,12H2,1-3H3/q+1. The lowest BCUT2D eigenvalue weighted by molar-refractivity contribution is -0.644. The molecule has 5 nitrogen and oxygen atoms in total. The summed E-state index contributed by atoms with van der Waals surface area (Å²) in [5.74, 6) is 0.912. The third-order valence-electron chi connectivity index (χ3n) is 5.45. The Balaban J connectivity index is 1.80. The van der Waals surface area contributed by atoms with Crippen molar-refractivity contribution >= 4 is 27.8 Å². The zero-order valence-corrected chi connectivity index (χ0v) is 15.0. The molecule has 5 rings (SSSR count). The Labute approximate surface area is 151 Å². The number of methoxy groups -OCH3 is 2. The first-order valence-electron chi connectivity index (χ1n) is 8.61. The number of rotatable bonds is 2. The summed E-state index contributed by atoms with van der Waals surface area (Å²) in [5.41, 5.74) is 3.58. The van der Waals surface area contributed by atoms with E-state index < -0.39 is 5.79 Å². The summed E-state index contributed by atoms with van der Waals surface area (Å²) < 4.78 is 24.5. The molecule has 1 aliphatic heterocycles. The summed E-state index contributed by atoms with van der Waals surface area (Å²) in [4.78, 5) is 0. The highest BCUT2D eigenvalue weighted by Crippen LogP contribution is 2.39. The van der Waals surface area contributed by atoms with E-state index >= 15 is 0 Å². The SMILES string of the molecule is COC1(OC)C=Cc2c(c[n+](C)c3c2ccc2cc4c(cc23)OCO4)C1. The van der Waals surface area contributed by atoms with Gasteiger partial charge in [0.1, 0.15) is 7.05 Å². The van der Waals surface area contributed by atoms with Gasteiger partial charge in [0.05, 0.1) is 10.8 Å². The number of hydrogen-bond donors (Lipinski definition) is 0. The minimum Gasteiger partial charge on any atom is -0.454 e. The number of ether oxygens (including phenoxy) is 4. The normalized spacial score (nSPS) is 17.0. The summed E-state index contributed by atoms with van der Waals surface area (Å²) in [5, 5.41) is 3.49. The fourth-order valence-corrected chi connectivity index (χ4v) is 4.07. The van der Waals surface area contributed by atoms with E-state index in [1.807, 2.05) is 12.1 Å². The van der Waals surface area contributed by atoms with Gasteiger partial charge in [-0.25, -0.2) is 4.57 Å². The maximum atomic E-state index is 5.61. The zero-order valence-electron chi connectivity index (χ0n) is 15.0. The van der Waals surface area contributed by atoms with E-state index in [0.29, 0.717) is 6.42 Å². The highest BCUT2D eigenvalue weighted by atomic mass is 16.7. The highest BCUT2D eigenvalue weighted by molar-refractivity contribution is 6.07. The molecule has 0 spiro atoms. The molecule has 1 aliphatic carbocycles. The highest BCUT2D eigenvalue weighted by Gasteiger charge is 2.33. The molecule has 0 fully saturated rings. The Kier molecular flexibility index (Phi) is 3.26. The van der Waals surface area contributed by atoms with Crippen LogP contribution in [0, 0.1) is 0 Å². The van der Waals surface area contributed by atoms with Gasteiger partial charge in [-0.3, -0.25) is 0 Å². The van der Waals surface area contributed by atoms with Crippen molar-refractivity contribution in [3.63, 3.8) is 0 Å². The number of pyridine rings is 1. The molecule has 0 radical (unpaired) electrons. The number of nitrogens with zero attached hydrogens (tertiary/aromatic N) is 1. The Morgan fingerprint density at radius 1 is 1.04 bits per heavy atom. The van der Waals surface area contributed by atoms with E-state index in [1.54, 1.807) is 14.2 Å². The lowest BCUT2D eigenvalue weighted by Crippen LogP contribution is -2.38. The average Bonchev–Trinajstić information content (AvgIpc) is 3.12. The van der Waals surface area contributed by atoms with E-state index in [9.17, 15) is 0 Å². The maximum Gasteiger partial charge on any atom is 0.231 e. The van der Waals surface area contributed by atoms with Gasteiger partial charge in [0.15, 0.2) is 23.5 Å². The van der Waals surface area contributed by atoms with Crippen molar-refractivity contribution < 1.29 is 23.5 Å². The van der Waals surface area contributed by atoms with Gasteiger partial charge >= 0.3 is 0 Å². The summed E-state index contributed by atoms with van der Waals surface area (Å²) in [6, 6.07) is 8.44. The molecular formula is C21H20NO4+. The Hall–Kier alpha value is -2.63. The van der Waals surface area contributed by atoms with E-state index in [1.165, 1.54) is 22.0 Å². The van der Waals surface area contributed by atoms with Gasteiger partial charge in [0, 0.05) is 26.2 Å². The minimum atomic E-state index is -0.698. The van der Waals surface area contributed by atoms with Crippen LogP contribution in [0.5, 0.6) is 11.5 Å². The van der Waals surface area contributed by atoms with Crippen LogP contribution in [0.2, 0.25) is 0 Å². The fourth-order valence-electron chi connectivity index (χ4n) is 4.07. The molecule has 132 valence electrons. The second-order valence-corrected chi connectivity index (χ2v) is 6.80. The summed E-state index contributed by atoms with van der Waals surface area (Å²) in [6.07, 6.45) is 6.94. The van der Waals surface area contributed by atoms with Crippen LogP contribution in [0.4, 0.5) is 0 Å². The van der Waals surface area contributed by atoms with Crippen LogP contribution >= 0.6 is 0 Å². The lowest BCUT2D eigenvalue weighted by atomic mass is 9.90. The number of aromatic nitrogens is 1. The molecule has 1 aromatic heterocycles. The van der Waals surface area contributed by atoms with Gasteiger partial charge in [-0.05, 0) is 35.2 Å². The number of aryl methyl sites for hydroxylation is 1. The summed E-state index contributed by atoms with van der Waals surface area (Å²) in [7, 11) is 5.43. The number of benzene rings is 2. The van der Waals surface area contributed by atoms with E-state index in [0.717, 1.165) is 22.3 Å². The van der Waals surface area contributed by atoms with Crippen molar-refractivity contribution in [2.24, 2.45) is 7.05 Å². The fraction of sp³-hybridized carbons (Fsp3) is 0.286. The quantitative estimate of drug-likeness (QED) is 0.405. The molecule has 0 bridgehead atoms. The minimum absolute atomic E-state index is 0.282. The molecule has 0 N–H and O–H groups in total. The molecule has 0 saturated heterocycles. The molecule has 26 heavy (non-hydrogen) atoms. The zero-order chi connectivity index (χ0) is 17.9. The smallest absolute Gasteiger partial charge is 0.231 e. The van der Waals surface area contributed by atoms with Gasteiger partial charge in [0.2, 0.25) is 12.3 Å². The van der Waals surface area contributed by atoms with E-state index in [4.69, 9.17) is 18.9 Å². The average molecular weight is 350 g/mol. The van der Waals surface area contributed by atoms with Crippen molar-refractivity contribution in [2.45, 2.75) is 12.2 Å². The van der Waals surface area contributed by atoms with Crippen molar-refractivity contribution in [1.82, 2.24) is 0 Å². The maximum absolute atomic E-state index is 5.61. The molecule has 0 amide bonds. The van der Waals surface area contributed by atoms with E-state index in [-0.39, 0.29) is 6.79 Å². The monoisotopic (exact) mass is 350 g/mol. The molecule has 2 aromatic carbocycles. The Morgan fingerprint density at radius 3 is 2.58 bits per heavy atom. The summed E-state index contributed by atoms with van der Waals surface area (Å²) in [6.45, 7) is 0.282. The van der Waals surface area contributed by atoms with Gasteiger partial charge in [-0.1, -0.05) is 12.1 Å². The Bertz CT molecular complexity index is 1080. The van der Waals surface area contributed by atoms with Crippen LogP contribution in [-0.4, -0.2) is 26.8 Å². The lowest BCUT2D eigenvalue weighted by Gasteiger charge is -2.30. The van der Waals surface area contributed by atoms with Gasteiger partial charge < -0.3 is 18.9 Å². The number of fused-ring (bicyclic) bond motifs is 6. The molecule has 0 saturated carbocycles. The molecule has 0 atom stereocenters. The van der Waals surface area contributed by atoms with Crippen LogP contribution in [-0.2, 0) is 22.9 Å². The van der Waals surface area contributed by atoms with Crippen LogP contribution in [0.1, 0.15) is 11.1 Å². The third-order valence-corrected chi connectivity index (χ3v) is 5.45. The van der Waals surface area contributed by atoms with Crippen molar-refractivity contribution in [3.05, 3.63) is 47.7 Å². The van der Waals surface area contributed by atoms with Crippen LogP contribution in [0.25, 0.3) is 27.8 Å². The molecule has 5 heteroatoms. The molecule has 2 heterocycles. The van der Waals surface area contributed by atoms with Crippen molar-refractivity contribution in [3.8, 4) is 11.5 Å². The van der Waals surface area contributed by atoms with Crippen molar-refractivity contribution in [1.29, 1.82) is 0 Å². The third kappa shape index (κ3) is 2.08. The first-order valence-corrected chi connectivity index (χ1v) is 8.61. The molecule has 0 unspecified atom stereocenters. The van der Waals surface area contributed by atoms with Crippen molar-refractivity contribution in [2.75, 3.05) is 21.0 Å².